The van der Waals surface area contributed by atoms with Crippen LogP contribution in [0.4, 0.5) is 15.8 Å². The molecule has 2 atom stereocenters. The number of halogens is 1. The normalized spacial score (nSPS) is 23.3. The number of carbonyl (C=O) groups is 1. The summed E-state index contributed by atoms with van der Waals surface area (Å²) in [7, 11) is 0. The first-order chi connectivity index (χ1) is 15.7. The summed E-state index contributed by atoms with van der Waals surface area (Å²) in [6.45, 7) is 3.45. The molecule has 5 rings (SSSR count). The Bertz CT molecular complexity index is 917. The van der Waals surface area contributed by atoms with Crippen LogP contribution in [-0.4, -0.2) is 48.9 Å². The van der Waals surface area contributed by atoms with Crippen molar-refractivity contribution in [2.75, 3.05) is 36.4 Å². The quantitative estimate of drug-likeness (QED) is 0.725. The van der Waals surface area contributed by atoms with E-state index in [9.17, 15) is 9.18 Å². The molecule has 5 heteroatoms. The minimum atomic E-state index is -0.200. The van der Waals surface area contributed by atoms with E-state index < -0.39 is 0 Å². The second-order valence-corrected chi connectivity index (χ2v) is 9.63. The summed E-state index contributed by atoms with van der Waals surface area (Å²) in [5.74, 6) is 0.467. The standard InChI is InChI=1S/C27H34FN3O/c28-22-11-13-23(14-12-22)30-16-18-31(19-17-30)26(27(32)21-7-2-1-3-8-21)25-15-10-20-6-4-5-9-24(20)29-25/h4-6,9,11-14,21,25-26,29H,1-3,7-8,10,15-19H2. The molecule has 2 aliphatic heterocycles. The van der Waals surface area contributed by atoms with Gasteiger partial charge in [0.25, 0.3) is 0 Å². The van der Waals surface area contributed by atoms with Gasteiger partial charge in [-0.3, -0.25) is 9.69 Å². The molecule has 0 radical (unpaired) electrons. The molecule has 170 valence electrons. The Hall–Kier alpha value is -2.40. The van der Waals surface area contributed by atoms with Gasteiger partial charge in [0.05, 0.1) is 6.04 Å². The van der Waals surface area contributed by atoms with Crippen molar-refractivity contribution in [2.24, 2.45) is 5.92 Å². The fourth-order valence-corrected chi connectivity index (χ4v) is 5.87. The number of hydrogen-bond acceptors (Lipinski definition) is 4. The molecule has 2 heterocycles. The topological polar surface area (TPSA) is 35.6 Å². The largest absolute Gasteiger partial charge is 0.380 e. The van der Waals surface area contributed by atoms with Crippen molar-refractivity contribution in [3.05, 3.63) is 59.9 Å². The summed E-state index contributed by atoms with van der Waals surface area (Å²) in [6, 6.07) is 15.4. The van der Waals surface area contributed by atoms with Gasteiger partial charge >= 0.3 is 0 Å². The average Bonchev–Trinajstić information content (AvgIpc) is 2.85. The van der Waals surface area contributed by atoms with Crippen LogP contribution in [0.2, 0.25) is 0 Å². The molecule has 0 spiro atoms. The number of carbonyl (C=O) groups excluding carboxylic acids is 1. The van der Waals surface area contributed by atoms with E-state index in [1.54, 1.807) is 0 Å². The lowest BCUT2D eigenvalue weighted by Crippen LogP contribution is -2.60. The molecule has 1 N–H and O–H groups in total. The molecule has 0 bridgehead atoms. The highest BCUT2D eigenvalue weighted by Gasteiger charge is 2.39. The van der Waals surface area contributed by atoms with Crippen LogP contribution >= 0.6 is 0 Å². The third-order valence-electron chi connectivity index (χ3n) is 7.66. The van der Waals surface area contributed by atoms with E-state index in [2.05, 4.69) is 39.4 Å². The molecule has 1 saturated heterocycles. The Labute approximate surface area is 190 Å². The lowest BCUT2D eigenvalue weighted by molar-refractivity contribution is -0.130. The van der Waals surface area contributed by atoms with E-state index in [0.717, 1.165) is 57.5 Å². The SMILES string of the molecule is O=C(C1CCCCC1)C(C1CCc2ccccc2N1)N1CCN(c2ccc(F)cc2)CC1. The summed E-state index contributed by atoms with van der Waals surface area (Å²) >= 11 is 0. The number of nitrogens with zero attached hydrogens (tertiary/aromatic N) is 2. The number of ketones is 1. The zero-order chi connectivity index (χ0) is 21.9. The molecule has 2 unspecified atom stereocenters. The summed E-state index contributed by atoms with van der Waals surface area (Å²) in [4.78, 5) is 18.6. The van der Waals surface area contributed by atoms with Gasteiger partial charge in [0.2, 0.25) is 0 Å². The van der Waals surface area contributed by atoms with E-state index >= 15 is 0 Å². The Kier molecular flexibility index (Phi) is 6.44. The first kappa shape index (κ1) is 21.4. The van der Waals surface area contributed by atoms with Crippen molar-refractivity contribution in [3.8, 4) is 0 Å². The fourth-order valence-electron chi connectivity index (χ4n) is 5.87. The Morgan fingerprint density at radius 3 is 2.38 bits per heavy atom. The van der Waals surface area contributed by atoms with Gasteiger partial charge in [-0.15, -0.1) is 0 Å². The van der Waals surface area contributed by atoms with Crippen LogP contribution in [-0.2, 0) is 11.2 Å². The zero-order valence-corrected chi connectivity index (χ0v) is 18.8. The molecule has 1 aliphatic carbocycles. The van der Waals surface area contributed by atoms with Gasteiger partial charge < -0.3 is 10.2 Å². The van der Waals surface area contributed by atoms with Crippen molar-refractivity contribution < 1.29 is 9.18 Å². The van der Waals surface area contributed by atoms with Crippen LogP contribution in [0, 0.1) is 11.7 Å². The molecule has 4 nitrogen and oxygen atoms in total. The Morgan fingerprint density at radius 1 is 0.906 bits per heavy atom. The van der Waals surface area contributed by atoms with Crippen LogP contribution in [0.15, 0.2) is 48.5 Å². The van der Waals surface area contributed by atoms with Crippen LogP contribution in [0.1, 0.15) is 44.1 Å². The van der Waals surface area contributed by atoms with E-state index in [0.29, 0.717) is 5.78 Å². The van der Waals surface area contributed by atoms with Gasteiger partial charge in [-0.25, -0.2) is 4.39 Å². The maximum atomic E-state index is 13.9. The minimum absolute atomic E-state index is 0.0678. The first-order valence-electron chi connectivity index (χ1n) is 12.3. The molecular formula is C27H34FN3O. The maximum absolute atomic E-state index is 13.9. The number of Topliss-reactive ketones (excluding diaryl/α,β-unsaturated/α-hetero) is 1. The van der Waals surface area contributed by atoms with Crippen molar-refractivity contribution >= 4 is 17.2 Å². The van der Waals surface area contributed by atoms with Gasteiger partial charge in [0.15, 0.2) is 5.78 Å². The third kappa shape index (κ3) is 4.54. The highest BCUT2D eigenvalue weighted by Crippen LogP contribution is 2.32. The number of nitrogens with one attached hydrogen (secondary N) is 1. The summed E-state index contributed by atoms with van der Waals surface area (Å²) in [6.07, 6.45) is 7.75. The third-order valence-corrected chi connectivity index (χ3v) is 7.66. The van der Waals surface area contributed by atoms with Gasteiger partial charge in [-0.1, -0.05) is 37.5 Å². The smallest absolute Gasteiger partial charge is 0.155 e. The van der Waals surface area contributed by atoms with Crippen molar-refractivity contribution in [1.29, 1.82) is 0 Å². The van der Waals surface area contributed by atoms with E-state index in [1.165, 1.54) is 42.6 Å². The highest BCUT2D eigenvalue weighted by molar-refractivity contribution is 5.88. The first-order valence-corrected chi connectivity index (χ1v) is 12.3. The minimum Gasteiger partial charge on any atom is -0.380 e. The molecule has 3 aliphatic rings. The van der Waals surface area contributed by atoms with Gasteiger partial charge in [0, 0.05) is 49.5 Å². The molecule has 0 amide bonds. The number of rotatable bonds is 5. The molecule has 2 fully saturated rings. The summed E-state index contributed by atoms with van der Waals surface area (Å²) in [5, 5.41) is 3.75. The van der Waals surface area contributed by atoms with E-state index in [4.69, 9.17) is 0 Å². The van der Waals surface area contributed by atoms with Crippen LogP contribution in [0.25, 0.3) is 0 Å². The Balaban J connectivity index is 1.33. The predicted molar refractivity (Wildman–Crippen MR) is 128 cm³/mol. The number of aryl methyl sites for hydroxylation is 1. The average molecular weight is 436 g/mol. The number of fused-ring (bicyclic) bond motifs is 1. The zero-order valence-electron chi connectivity index (χ0n) is 18.8. The summed E-state index contributed by atoms with van der Waals surface area (Å²) < 4.78 is 13.3. The van der Waals surface area contributed by atoms with Crippen LogP contribution in [0.5, 0.6) is 0 Å². The second-order valence-electron chi connectivity index (χ2n) is 9.63. The van der Waals surface area contributed by atoms with Crippen molar-refractivity contribution in [3.63, 3.8) is 0 Å². The maximum Gasteiger partial charge on any atom is 0.155 e. The van der Waals surface area contributed by atoms with E-state index in [1.807, 2.05) is 12.1 Å². The molecular weight excluding hydrogens is 401 g/mol. The second kappa shape index (κ2) is 9.62. The Morgan fingerprint density at radius 2 is 1.62 bits per heavy atom. The fraction of sp³-hybridized carbons (Fsp3) is 0.519. The van der Waals surface area contributed by atoms with Gasteiger partial charge in [-0.2, -0.15) is 0 Å². The van der Waals surface area contributed by atoms with Crippen molar-refractivity contribution in [2.45, 2.75) is 57.0 Å². The lowest BCUT2D eigenvalue weighted by atomic mass is 9.80. The van der Waals surface area contributed by atoms with Crippen LogP contribution < -0.4 is 10.2 Å². The number of hydrogen-bond donors (Lipinski definition) is 1. The van der Waals surface area contributed by atoms with Crippen molar-refractivity contribution in [1.82, 2.24) is 4.90 Å². The molecule has 2 aromatic rings. The van der Waals surface area contributed by atoms with Gasteiger partial charge in [-0.05, 0) is 61.6 Å². The number of piperazine rings is 1. The highest BCUT2D eigenvalue weighted by atomic mass is 19.1. The van der Waals surface area contributed by atoms with Gasteiger partial charge in [0.1, 0.15) is 5.82 Å². The molecule has 32 heavy (non-hydrogen) atoms. The molecule has 1 saturated carbocycles. The summed E-state index contributed by atoms with van der Waals surface area (Å²) in [5.41, 5.74) is 3.61. The number of anilines is 2. The molecule has 2 aromatic carbocycles. The predicted octanol–water partition coefficient (Wildman–Crippen LogP) is 4.89. The van der Waals surface area contributed by atoms with E-state index in [-0.39, 0.29) is 23.8 Å². The molecule has 0 aromatic heterocycles. The number of benzene rings is 2. The monoisotopic (exact) mass is 435 g/mol. The lowest BCUT2D eigenvalue weighted by Gasteiger charge is -2.45. The van der Waals surface area contributed by atoms with Crippen LogP contribution in [0.3, 0.4) is 0 Å². The number of para-hydroxylation sites is 1.